The van der Waals surface area contributed by atoms with Crippen LogP contribution in [0.15, 0.2) is 23.2 Å². The molecule has 0 aromatic heterocycles. The molecule has 2 N–H and O–H groups in total. The molecule has 1 fully saturated rings. The summed E-state index contributed by atoms with van der Waals surface area (Å²) in [5.74, 6) is 0.379. The number of benzene rings is 1. The molecule has 0 saturated carbocycles. The van der Waals surface area contributed by atoms with Gasteiger partial charge in [-0.25, -0.2) is 14.8 Å². The summed E-state index contributed by atoms with van der Waals surface area (Å²) < 4.78 is 15.8. The zero-order valence-electron chi connectivity index (χ0n) is 19.8. The van der Waals surface area contributed by atoms with Crippen molar-refractivity contribution >= 4 is 29.6 Å². The number of hydrazine groups is 1. The summed E-state index contributed by atoms with van der Waals surface area (Å²) in [5, 5.41) is 4.58. The van der Waals surface area contributed by atoms with Crippen molar-refractivity contribution in [2.75, 3.05) is 60.7 Å². The number of fused-ring (bicyclic) bond motifs is 1. The first-order chi connectivity index (χ1) is 16.4. The van der Waals surface area contributed by atoms with E-state index in [1.807, 2.05) is 17.1 Å². The predicted octanol–water partition coefficient (Wildman–Crippen LogP) is 0.456. The van der Waals surface area contributed by atoms with Crippen LogP contribution in [-0.4, -0.2) is 99.3 Å². The van der Waals surface area contributed by atoms with E-state index in [4.69, 9.17) is 14.2 Å². The van der Waals surface area contributed by atoms with Gasteiger partial charge in [0.15, 0.2) is 0 Å². The third kappa shape index (κ3) is 7.32. The minimum absolute atomic E-state index is 0.0484. The van der Waals surface area contributed by atoms with E-state index in [1.165, 1.54) is 12.0 Å². The van der Waals surface area contributed by atoms with E-state index in [2.05, 4.69) is 15.7 Å². The summed E-state index contributed by atoms with van der Waals surface area (Å²) in [6.07, 6.45) is 0.914. The topological polar surface area (TPSA) is 125 Å². The lowest BCUT2D eigenvalue weighted by Crippen LogP contribution is -2.49. The molecule has 0 aliphatic carbocycles. The Hall–Kier alpha value is -3.38. The van der Waals surface area contributed by atoms with Gasteiger partial charge in [0.05, 0.1) is 32.6 Å². The van der Waals surface area contributed by atoms with Crippen molar-refractivity contribution in [1.29, 1.82) is 0 Å². The van der Waals surface area contributed by atoms with Gasteiger partial charge in [-0.3, -0.25) is 20.3 Å². The number of ether oxygens (including phenoxy) is 3. The monoisotopic (exact) mass is 476 g/mol. The molecule has 1 saturated heterocycles. The van der Waals surface area contributed by atoms with Crippen LogP contribution in [0.25, 0.3) is 0 Å². The Morgan fingerprint density at radius 3 is 2.68 bits per heavy atom. The van der Waals surface area contributed by atoms with Crippen molar-refractivity contribution in [3.63, 3.8) is 0 Å². The van der Waals surface area contributed by atoms with Crippen molar-refractivity contribution < 1.29 is 28.6 Å². The molecule has 2 aliphatic heterocycles. The first-order valence-corrected chi connectivity index (χ1v) is 11.1. The number of nitrogens with zero attached hydrogens (tertiary/aromatic N) is 4. The molecule has 0 bridgehead atoms. The second-order valence-electron chi connectivity index (χ2n) is 8.07. The maximum absolute atomic E-state index is 12.2. The SMILES string of the molecule is COC(=O)CN1Cc2ccc(OCCCC(=O)NN3CCOCC3)cc2N=C1NC(=O)N(C)C. The van der Waals surface area contributed by atoms with Crippen molar-refractivity contribution in [1.82, 2.24) is 25.6 Å². The highest BCUT2D eigenvalue weighted by Crippen LogP contribution is 2.30. The van der Waals surface area contributed by atoms with Crippen LogP contribution in [0.4, 0.5) is 10.5 Å². The molecule has 3 rings (SSSR count). The summed E-state index contributed by atoms with van der Waals surface area (Å²) in [4.78, 5) is 43.6. The fraction of sp³-hybridized carbons (Fsp3) is 0.545. The van der Waals surface area contributed by atoms with Crippen LogP contribution in [0.1, 0.15) is 18.4 Å². The summed E-state index contributed by atoms with van der Waals surface area (Å²) >= 11 is 0. The van der Waals surface area contributed by atoms with Gasteiger partial charge in [-0.2, -0.15) is 0 Å². The van der Waals surface area contributed by atoms with Gasteiger partial charge >= 0.3 is 12.0 Å². The average Bonchev–Trinajstić information content (AvgIpc) is 2.82. The second kappa shape index (κ2) is 12.2. The van der Waals surface area contributed by atoms with Crippen LogP contribution in [0, 0.1) is 0 Å². The third-order valence-corrected chi connectivity index (χ3v) is 5.23. The van der Waals surface area contributed by atoms with Crippen LogP contribution in [0.2, 0.25) is 0 Å². The van der Waals surface area contributed by atoms with Gasteiger partial charge < -0.3 is 24.0 Å². The molecular weight excluding hydrogens is 444 g/mol. The molecular formula is C22H32N6O6. The normalized spacial score (nSPS) is 15.6. The minimum atomic E-state index is -0.437. The maximum Gasteiger partial charge on any atom is 0.325 e. The Kier molecular flexibility index (Phi) is 9.05. The summed E-state index contributed by atoms with van der Waals surface area (Å²) in [5.41, 5.74) is 4.39. The summed E-state index contributed by atoms with van der Waals surface area (Å²) in [6.45, 7) is 3.30. The Bertz CT molecular complexity index is 915. The van der Waals surface area contributed by atoms with Crippen molar-refractivity contribution in [3.8, 4) is 5.75 Å². The van der Waals surface area contributed by atoms with Crippen molar-refractivity contribution in [3.05, 3.63) is 23.8 Å². The number of urea groups is 1. The third-order valence-electron chi connectivity index (χ3n) is 5.23. The molecule has 3 amide bonds. The van der Waals surface area contributed by atoms with E-state index >= 15 is 0 Å². The van der Waals surface area contributed by atoms with Gasteiger partial charge in [0.2, 0.25) is 11.9 Å². The largest absolute Gasteiger partial charge is 0.494 e. The fourth-order valence-electron chi connectivity index (χ4n) is 3.33. The second-order valence-corrected chi connectivity index (χ2v) is 8.07. The number of hydrogen-bond acceptors (Lipinski definition) is 9. The molecule has 0 unspecified atom stereocenters. The molecule has 12 heteroatoms. The van der Waals surface area contributed by atoms with Crippen LogP contribution < -0.4 is 15.5 Å². The fourth-order valence-corrected chi connectivity index (χ4v) is 3.33. The molecule has 2 heterocycles. The average molecular weight is 477 g/mol. The molecule has 2 aliphatic rings. The van der Waals surface area contributed by atoms with Crippen LogP contribution in [0.5, 0.6) is 5.75 Å². The van der Waals surface area contributed by atoms with E-state index in [1.54, 1.807) is 25.1 Å². The number of guanidine groups is 1. The molecule has 0 spiro atoms. The number of methoxy groups -OCH3 is 1. The Labute approximate surface area is 198 Å². The number of carbonyl (C=O) groups is 3. The first-order valence-electron chi connectivity index (χ1n) is 11.1. The number of amides is 3. The molecule has 0 radical (unpaired) electrons. The highest BCUT2D eigenvalue weighted by molar-refractivity contribution is 5.99. The van der Waals surface area contributed by atoms with Crippen molar-refractivity contribution in [2.45, 2.75) is 19.4 Å². The van der Waals surface area contributed by atoms with E-state index in [0.29, 0.717) is 63.7 Å². The molecule has 1 aromatic rings. The van der Waals surface area contributed by atoms with E-state index in [-0.39, 0.29) is 24.4 Å². The number of hydrogen-bond donors (Lipinski definition) is 2. The van der Waals surface area contributed by atoms with E-state index in [9.17, 15) is 14.4 Å². The van der Waals surface area contributed by atoms with Gasteiger partial charge in [-0.15, -0.1) is 0 Å². The van der Waals surface area contributed by atoms with E-state index < -0.39 is 5.97 Å². The Morgan fingerprint density at radius 2 is 1.97 bits per heavy atom. The van der Waals surface area contributed by atoms with Crippen molar-refractivity contribution in [2.24, 2.45) is 4.99 Å². The standard InChI is InChI=1S/C22H32N6O6/c1-26(2)22(31)24-21-23-18-13-17(7-6-16(18)14-27(21)15-20(30)32-3)34-10-4-5-19(29)25-28-8-11-33-12-9-28/h6-7,13H,4-5,8-12,14-15H2,1-3H3,(H,25,29)(H,23,24,31). The molecule has 34 heavy (non-hydrogen) atoms. The molecule has 12 nitrogen and oxygen atoms in total. The molecule has 186 valence electrons. The Morgan fingerprint density at radius 1 is 1.21 bits per heavy atom. The number of aliphatic imine (C=N–C) groups is 1. The highest BCUT2D eigenvalue weighted by atomic mass is 16.5. The minimum Gasteiger partial charge on any atom is -0.494 e. The summed E-state index contributed by atoms with van der Waals surface area (Å²) in [7, 11) is 4.54. The predicted molar refractivity (Wildman–Crippen MR) is 123 cm³/mol. The number of carbonyl (C=O) groups excluding carboxylic acids is 3. The molecule has 1 aromatic carbocycles. The van der Waals surface area contributed by atoms with E-state index in [0.717, 1.165) is 5.56 Å². The van der Waals surface area contributed by atoms with Gasteiger partial charge in [-0.05, 0) is 18.1 Å². The lowest BCUT2D eigenvalue weighted by molar-refractivity contribution is -0.141. The van der Waals surface area contributed by atoms with Gasteiger partial charge in [-0.1, -0.05) is 6.07 Å². The van der Waals surface area contributed by atoms with Crippen LogP contribution in [0.3, 0.4) is 0 Å². The zero-order valence-corrected chi connectivity index (χ0v) is 19.8. The lowest BCUT2D eigenvalue weighted by atomic mass is 10.1. The lowest BCUT2D eigenvalue weighted by Gasteiger charge is -2.30. The van der Waals surface area contributed by atoms with Gasteiger partial charge in [0.25, 0.3) is 0 Å². The number of morpholine rings is 1. The van der Waals surface area contributed by atoms with Gasteiger partial charge in [0, 0.05) is 46.2 Å². The maximum atomic E-state index is 12.2. The highest BCUT2D eigenvalue weighted by Gasteiger charge is 2.24. The van der Waals surface area contributed by atoms with Crippen LogP contribution in [-0.2, 0) is 25.6 Å². The van der Waals surface area contributed by atoms with Gasteiger partial charge in [0.1, 0.15) is 12.3 Å². The molecule has 0 atom stereocenters. The Balaban J connectivity index is 1.57. The smallest absolute Gasteiger partial charge is 0.325 e. The number of nitrogens with one attached hydrogen (secondary N) is 2. The first kappa shape index (κ1) is 25.2. The van der Waals surface area contributed by atoms with Crippen LogP contribution >= 0.6 is 0 Å². The quantitative estimate of drug-likeness (QED) is 0.410. The number of rotatable bonds is 8. The summed E-state index contributed by atoms with van der Waals surface area (Å²) in [6, 6.07) is 5.11. The number of esters is 1. The zero-order chi connectivity index (χ0) is 24.5.